The number of fused-ring (bicyclic) bond motifs is 6. The minimum absolute atomic E-state index is 0.0185. The van der Waals surface area contributed by atoms with Crippen molar-refractivity contribution in [3.63, 3.8) is 0 Å². The summed E-state index contributed by atoms with van der Waals surface area (Å²) in [5, 5.41) is 6.96. The van der Waals surface area contributed by atoms with Crippen LogP contribution in [0, 0.1) is 17.8 Å². The monoisotopic (exact) mass is 936 g/mol. The van der Waals surface area contributed by atoms with Crippen molar-refractivity contribution in [1.29, 1.82) is 0 Å². The maximum absolute atomic E-state index is 14.4. The van der Waals surface area contributed by atoms with Crippen LogP contribution in [-0.4, -0.2) is 107 Å². The van der Waals surface area contributed by atoms with Crippen molar-refractivity contribution in [3.05, 3.63) is 102 Å². The van der Waals surface area contributed by atoms with Gasteiger partial charge in [-0.1, -0.05) is 62.4 Å². The lowest BCUT2D eigenvalue weighted by atomic mass is 9.92. The number of alkyl halides is 3. The van der Waals surface area contributed by atoms with Crippen molar-refractivity contribution in [2.75, 3.05) is 41.0 Å². The molecule has 9 rings (SSSR count). The third-order valence-corrected chi connectivity index (χ3v) is 13.2. The minimum atomic E-state index is -4.55. The minimum Gasteiger partial charge on any atom is -0.488 e. The Morgan fingerprint density at radius 1 is 0.838 bits per heavy atom. The molecule has 68 heavy (non-hydrogen) atoms. The number of halogens is 3. The molecule has 0 radical (unpaired) electrons. The number of carbonyl (C=O) groups is 4. The predicted molar refractivity (Wildman–Crippen MR) is 243 cm³/mol. The third-order valence-electron chi connectivity index (χ3n) is 13.2. The van der Waals surface area contributed by atoms with Gasteiger partial charge in [-0.3, -0.25) is 9.59 Å². The van der Waals surface area contributed by atoms with Gasteiger partial charge in [-0.15, -0.1) is 0 Å². The Hall–Kier alpha value is -7.15. The van der Waals surface area contributed by atoms with Crippen LogP contribution in [-0.2, 0) is 30.4 Å². The number of imidazole rings is 2. The molecule has 0 spiro atoms. The first kappa shape index (κ1) is 46.0. The summed E-state index contributed by atoms with van der Waals surface area (Å²) in [5.41, 5.74) is 6.05. The van der Waals surface area contributed by atoms with E-state index in [9.17, 15) is 32.3 Å². The normalized spacial score (nSPS) is 19.9. The molecule has 2 aromatic heterocycles. The molecule has 16 nitrogen and oxygen atoms in total. The lowest BCUT2D eigenvalue weighted by Crippen LogP contribution is -2.51. The second kappa shape index (κ2) is 18.5. The first-order valence-corrected chi connectivity index (χ1v) is 22.3. The zero-order valence-corrected chi connectivity index (χ0v) is 38.0. The Bertz CT molecular complexity index is 2890. The van der Waals surface area contributed by atoms with Crippen molar-refractivity contribution in [1.82, 2.24) is 40.4 Å². The van der Waals surface area contributed by atoms with Gasteiger partial charge >= 0.3 is 18.4 Å². The highest BCUT2D eigenvalue weighted by molar-refractivity contribution is 6.07. The lowest BCUT2D eigenvalue weighted by Gasteiger charge is -2.30. The van der Waals surface area contributed by atoms with Gasteiger partial charge in [-0.2, -0.15) is 13.2 Å². The number of nitrogens with zero attached hydrogens (tertiary/aromatic N) is 4. The number of methoxy groups -OCH3 is 3. The molecule has 356 valence electrons. The van der Waals surface area contributed by atoms with Gasteiger partial charge in [0.1, 0.15) is 36.1 Å². The SMILES string of the molecule is COC[C@H]1C[C@@H](c2nc3c(ccc4cc5c(cc43)OCc3cc(-c4cnc([C@@H]6C[C@H](C(F)(F)F)CN6C(=O)[C@@H](NC(=O)OC)C(C)C)[nH]4)ccc3-5)[nH]2)N(C(=O)[C@H](NC(=O)OC)c2ccccc2)C1. The second-order valence-corrected chi connectivity index (χ2v) is 17.9. The number of rotatable bonds is 11. The van der Waals surface area contributed by atoms with E-state index in [0.717, 1.165) is 50.6 Å². The number of carbonyl (C=O) groups excluding carboxylic acids is 4. The fourth-order valence-electron chi connectivity index (χ4n) is 9.80. The van der Waals surface area contributed by atoms with Crippen molar-refractivity contribution in [3.8, 4) is 28.1 Å². The average molecular weight is 937 g/mol. The Kier molecular flexibility index (Phi) is 12.5. The molecule has 19 heteroatoms. The molecule has 3 aliphatic heterocycles. The molecule has 4 N–H and O–H groups in total. The van der Waals surface area contributed by atoms with Gasteiger partial charge in [-0.25, -0.2) is 19.6 Å². The standard InChI is InChI=1S/C49H51F3N8O8/c1-25(2)40(57-47(63)66-4)45(61)60-22-31(49(50,51)52)18-38(60)43-53-20-36(55-43)29-11-13-32-30(16-29)24-68-39-19-33-28(17-34(32)39)12-14-35-42(33)56-44(54-35)37-15-26(23-65-3)21-59(37)46(62)41(58-48(64)67-5)27-9-7-6-8-10-27/h6-14,16-17,19-20,25-26,31,37-38,40-41H,15,18,21-24H2,1-5H3,(H,53,55)(H,54,56)(H,57,63)(H,58,64)/t26-,31-,37-,38-,40-,41+/m0/s1. The molecule has 6 aromatic rings. The van der Waals surface area contributed by atoms with Gasteiger partial charge in [0.2, 0.25) is 5.91 Å². The van der Waals surface area contributed by atoms with Crippen LogP contribution in [0.4, 0.5) is 22.8 Å². The number of benzene rings is 4. The van der Waals surface area contributed by atoms with E-state index in [1.54, 1.807) is 56.3 Å². The Labute approximate surface area is 388 Å². The largest absolute Gasteiger partial charge is 0.488 e. The number of H-pyrrole nitrogens is 2. The molecule has 6 atom stereocenters. The average Bonchev–Trinajstić information content (AvgIpc) is 4.17. The number of likely N-dealkylation sites (tertiary alicyclic amines) is 2. The molecule has 0 unspecified atom stereocenters. The Morgan fingerprint density at radius 2 is 1.57 bits per heavy atom. The van der Waals surface area contributed by atoms with Gasteiger partial charge in [0.15, 0.2) is 0 Å². The zero-order valence-electron chi connectivity index (χ0n) is 38.0. The zero-order chi connectivity index (χ0) is 48.0. The van der Waals surface area contributed by atoms with Crippen LogP contribution in [0.1, 0.15) is 67.6 Å². The van der Waals surface area contributed by atoms with Crippen LogP contribution in [0.15, 0.2) is 79.0 Å². The first-order chi connectivity index (χ1) is 32.6. The summed E-state index contributed by atoms with van der Waals surface area (Å²) >= 11 is 0. The van der Waals surface area contributed by atoms with Crippen LogP contribution < -0.4 is 15.4 Å². The molecule has 0 aliphatic carbocycles. The lowest BCUT2D eigenvalue weighted by molar-refractivity contribution is -0.171. The molecule has 5 heterocycles. The molecule has 2 saturated heterocycles. The summed E-state index contributed by atoms with van der Waals surface area (Å²) in [6.07, 6.45) is -4.40. The molecule has 0 bridgehead atoms. The second-order valence-electron chi connectivity index (χ2n) is 17.9. The quantitative estimate of drug-likeness (QED) is 0.0986. The van der Waals surface area contributed by atoms with E-state index >= 15 is 0 Å². The summed E-state index contributed by atoms with van der Waals surface area (Å²) < 4.78 is 63.9. The number of amides is 4. The van der Waals surface area contributed by atoms with Gasteiger partial charge in [0, 0.05) is 37.1 Å². The highest BCUT2D eigenvalue weighted by Gasteiger charge is 2.51. The topological polar surface area (TPSA) is 193 Å². The number of aromatic amines is 2. The number of nitrogens with one attached hydrogen (secondary N) is 4. The highest BCUT2D eigenvalue weighted by Crippen LogP contribution is 2.46. The molecular formula is C49H51F3N8O8. The van der Waals surface area contributed by atoms with E-state index in [1.165, 1.54) is 7.11 Å². The Balaban J connectivity index is 0.989. The van der Waals surface area contributed by atoms with E-state index in [0.29, 0.717) is 47.9 Å². The first-order valence-electron chi connectivity index (χ1n) is 22.3. The van der Waals surface area contributed by atoms with E-state index in [4.69, 9.17) is 19.2 Å². The van der Waals surface area contributed by atoms with E-state index < -0.39 is 73.2 Å². The van der Waals surface area contributed by atoms with Crippen molar-refractivity contribution in [2.45, 2.75) is 63.6 Å². The Morgan fingerprint density at radius 3 is 2.29 bits per heavy atom. The number of hydrogen-bond donors (Lipinski definition) is 4. The number of aromatic nitrogens is 4. The third kappa shape index (κ3) is 8.77. The van der Waals surface area contributed by atoms with Crippen LogP contribution in [0.2, 0.25) is 0 Å². The van der Waals surface area contributed by atoms with Gasteiger partial charge in [0.05, 0.1) is 61.8 Å². The van der Waals surface area contributed by atoms with Crippen LogP contribution >= 0.6 is 0 Å². The fraction of sp³-hybridized carbons (Fsp3) is 0.388. The van der Waals surface area contributed by atoms with E-state index in [2.05, 4.69) is 36.4 Å². The van der Waals surface area contributed by atoms with E-state index in [1.807, 2.05) is 42.5 Å². The molecule has 0 saturated carbocycles. The predicted octanol–water partition coefficient (Wildman–Crippen LogP) is 8.13. The molecule has 4 aromatic carbocycles. The summed E-state index contributed by atoms with van der Waals surface area (Å²) in [4.78, 5) is 72.0. The molecule has 4 amide bonds. The molecule has 2 fully saturated rings. The van der Waals surface area contributed by atoms with Crippen molar-refractivity contribution in [2.24, 2.45) is 17.8 Å². The maximum Gasteiger partial charge on any atom is 0.407 e. The van der Waals surface area contributed by atoms with Crippen LogP contribution in [0.25, 0.3) is 44.2 Å². The van der Waals surface area contributed by atoms with Crippen LogP contribution in [0.3, 0.4) is 0 Å². The fourth-order valence-corrected chi connectivity index (χ4v) is 9.80. The highest BCUT2D eigenvalue weighted by atomic mass is 19.4. The number of ether oxygens (including phenoxy) is 4. The smallest absolute Gasteiger partial charge is 0.407 e. The summed E-state index contributed by atoms with van der Waals surface area (Å²) in [6, 6.07) is 19.3. The maximum atomic E-state index is 14.4. The van der Waals surface area contributed by atoms with Crippen molar-refractivity contribution < 1.29 is 51.3 Å². The van der Waals surface area contributed by atoms with E-state index in [-0.39, 0.29) is 24.3 Å². The number of alkyl carbamates (subject to hydrolysis) is 2. The van der Waals surface area contributed by atoms with Gasteiger partial charge in [-0.05, 0) is 70.7 Å². The molecular weight excluding hydrogens is 886 g/mol. The van der Waals surface area contributed by atoms with Crippen molar-refractivity contribution >= 4 is 45.8 Å². The van der Waals surface area contributed by atoms with Gasteiger partial charge < -0.3 is 49.3 Å². The summed E-state index contributed by atoms with van der Waals surface area (Å²) in [6.45, 7) is 3.87. The van der Waals surface area contributed by atoms with Gasteiger partial charge in [0.25, 0.3) is 5.91 Å². The molecule has 3 aliphatic rings. The van der Waals surface area contributed by atoms with Crippen LogP contribution in [0.5, 0.6) is 5.75 Å². The summed E-state index contributed by atoms with van der Waals surface area (Å²) in [5.74, 6) is -1.69. The summed E-state index contributed by atoms with van der Waals surface area (Å²) in [7, 11) is 4.03. The number of hydrogen-bond acceptors (Lipinski definition) is 10.